The predicted molar refractivity (Wildman–Crippen MR) is 109 cm³/mol. The molecule has 1 aromatic rings. The Bertz CT molecular complexity index is 550. The molecule has 0 saturated heterocycles. The molecule has 1 aromatic carbocycles. The van der Waals surface area contributed by atoms with Gasteiger partial charge in [-0.1, -0.05) is 57.5 Å². The zero-order valence-corrected chi connectivity index (χ0v) is 16.6. The van der Waals surface area contributed by atoms with Gasteiger partial charge in [0.25, 0.3) is 0 Å². The maximum Gasteiger partial charge on any atom is 0.0392 e. The van der Waals surface area contributed by atoms with Crippen LogP contribution in [-0.2, 0) is 5.41 Å². The van der Waals surface area contributed by atoms with Crippen LogP contribution in [-0.4, -0.2) is 11.6 Å². The van der Waals surface area contributed by atoms with E-state index in [0.717, 1.165) is 11.8 Å². The molecule has 0 amide bonds. The van der Waals surface area contributed by atoms with Crippen LogP contribution in [0.15, 0.2) is 30.3 Å². The van der Waals surface area contributed by atoms with Crippen molar-refractivity contribution >= 4 is 11.8 Å². The minimum absolute atomic E-state index is 0. The molecule has 0 aromatic heterocycles. The Kier molecular flexibility index (Phi) is 5.37. The average molecular weight is 348 g/mol. The van der Waals surface area contributed by atoms with E-state index in [-0.39, 0.29) is 1.43 Å². The molecule has 2 aliphatic carbocycles. The lowest BCUT2D eigenvalue weighted by atomic mass is 9.58. The zero-order valence-electron chi connectivity index (χ0n) is 15.8. The second-order valence-corrected chi connectivity index (χ2v) is 9.91. The van der Waals surface area contributed by atoms with Crippen molar-refractivity contribution in [2.24, 2.45) is 22.5 Å². The summed E-state index contributed by atoms with van der Waals surface area (Å²) in [7, 11) is 0. The smallest absolute Gasteiger partial charge is 0.0392 e. The number of hydrogen-bond donors (Lipinski definition) is 1. The molecule has 2 bridgehead atoms. The SMILES string of the molecule is CCCC1(C)CC2(CSCN)CC1CC(CC)(c1ccccc1)C2.[HH]. The highest BCUT2D eigenvalue weighted by Gasteiger charge is 2.59. The molecule has 2 heteroatoms. The molecule has 0 heterocycles. The third-order valence-electron chi connectivity index (χ3n) is 7.20. The van der Waals surface area contributed by atoms with Gasteiger partial charge in [0.05, 0.1) is 0 Å². The fourth-order valence-electron chi connectivity index (χ4n) is 6.34. The Morgan fingerprint density at radius 2 is 1.92 bits per heavy atom. The highest BCUT2D eigenvalue weighted by Crippen LogP contribution is 2.67. The van der Waals surface area contributed by atoms with E-state index >= 15 is 0 Å². The maximum absolute atomic E-state index is 5.87. The third-order valence-corrected chi connectivity index (χ3v) is 8.26. The molecule has 2 fully saturated rings. The zero-order chi connectivity index (χ0) is 17.3. The van der Waals surface area contributed by atoms with Crippen molar-refractivity contribution in [3.05, 3.63) is 35.9 Å². The van der Waals surface area contributed by atoms with Crippen molar-refractivity contribution in [3.63, 3.8) is 0 Å². The van der Waals surface area contributed by atoms with Crippen molar-refractivity contribution < 1.29 is 1.43 Å². The first-order valence-corrected chi connectivity index (χ1v) is 11.0. The van der Waals surface area contributed by atoms with Crippen molar-refractivity contribution in [1.82, 2.24) is 0 Å². The van der Waals surface area contributed by atoms with Gasteiger partial charge in [0.1, 0.15) is 0 Å². The first kappa shape index (κ1) is 18.3. The molecular weight excluding hydrogens is 310 g/mol. The molecule has 2 aliphatic rings. The Morgan fingerprint density at radius 1 is 1.17 bits per heavy atom. The first-order valence-electron chi connectivity index (χ1n) is 9.85. The standard InChI is InChI=1S/C22H35NS.H2/c1-4-11-20(3)14-21(16-24-17-23)12-19(20)13-22(5-2,15-21)18-9-7-6-8-10-18;/h6-10,19H,4-5,11-17,23H2,1-3H3;1H. The largest absolute Gasteiger partial charge is 0.322 e. The van der Waals surface area contributed by atoms with E-state index in [1.54, 1.807) is 5.56 Å². The summed E-state index contributed by atoms with van der Waals surface area (Å²) in [4.78, 5) is 0. The molecular formula is C22H37NS. The first-order chi connectivity index (χ1) is 11.5. The summed E-state index contributed by atoms with van der Waals surface area (Å²) in [6.07, 6.45) is 9.58. The third kappa shape index (κ3) is 3.17. The number of hydrogen-bond acceptors (Lipinski definition) is 2. The molecule has 4 atom stereocenters. The van der Waals surface area contributed by atoms with Crippen LogP contribution in [0.2, 0.25) is 0 Å². The van der Waals surface area contributed by atoms with Gasteiger partial charge in [-0.05, 0) is 66.3 Å². The maximum atomic E-state index is 5.87. The van der Waals surface area contributed by atoms with Gasteiger partial charge in [-0.25, -0.2) is 0 Å². The minimum Gasteiger partial charge on any atom is -0.322 e. The molecule has 1 nitrogen and oxygen atoms in total. The van der Waals surface area contributed by atoms with Gasteiger partial charge >= 0.3 is 0 Å². The van der Waals surface area contributed by atoms with E-state index in [1.807, 2.05) is 11.8 Å². The second-order valence-electron chi connectivity index (χ2n) is 8.88. The molecule has 24 heavy (non-hydrogen) atoms. The quantitative estimate of drug-likeness (QED) is 0.592. The highest BCUT2D eigenvalue weighted by molar-refractivity contribution is 7.99. The van der Waals surface area contributed by atoms with E-state index in [2.05, 4.69) is 51.1 Å². The Labute approximate surface area is 154 Å². The van der Waals surface area contributed by atoms with Gasteiger partial charge < -0.3 is 5.73 Å². The number of rotatable bonds is 7. The summed E-state index contributed by atoms with van der Waals surface area (Å²) in [6, 6.07) is 11.4. The molecule has 0 aliphatic heterocycles. The number of thioether (sulfide) groups is 1. The molecule has 3 rings (SSSR count). The van der Waals surface area contributed by atoms with Crippen LogP contribution >= 0.6 is 11.8 Å². The van der Waals surface area contributed by atoms with Crippen molar-refractivity contribution in [1.29, 1.82) is 0 Å². The van der Waals surface area contributed by atoms with Gasteiger partial charge in [-0.2, -0.15) is 0 Å². The molecule has 2 N–H and O–H groups in total. The van der Waals surface area contributed by atoms with E-state index in [9.17, 15) is 0 Å². The molecule has 4 unspecified atom stereocenters. The Balaban J connectivity index is 0.00000225. The van der Waals surface area contributed by atoms with Crippen LogP contribution < -0.4 is 5.73 Å². The lowest BCUT2D eigenvalue weighted by Crippen LogP contribution is -2.40. The van der Waals surface area contributed by atoms with Crippen LogP contribution in [0, 0.1) is 16.7 Å². The fourth-order valence-corrected chi connectivity index (χ4v) is 7.22. The summed E-state index contributed by atoms with van der Waals surface area (Å²) in [5.41, 5.74) is 8.88. The van der Waals surface area contributed by atoms with Crippen LogP contribution in [0.25, 0.3) is 0 Å². The minimum atomic E-state index is 0. The van der Waals surface area contributed by atoms with Gasteiger partial charge in [0, 0.05) is 13.1 Å². The number of nitrogens with two attached hydrogens (primary N) is 1. The summed E-state index contributed by atoms with van der Waals surface area (Å²) in [5.74, 6) is 2.90. The normalized spacial score (nSPS) is 38.4. The van der Waals surface area contributed by atoms with Crippen LogP contribution in [0.4, 0.5) is 0 Å². The van der Waals surface area contributed by atoms with Crippen molar-refractivity contribution in [2.75, 3.05) is 11.6 Å². The summed E-state index contributed by atoms with van der Waals surface area (Å²) >= 11 is 1.97. The van der Waals surface area contributed by atoms with Crippen molar-refractivity contribution in [3.8, 4) is 0 Å². The molecule has 0 radical (unpaired) electrons. The highest BCUT2D eigenvalue weighted by atomic mass is 32.2. The lowest BCUT2D eigenvalue weighted by Gasteiger charge is -2.47. The monoisotopic (exact) mass is 347 g/mol. The lowest BCUT2D eigenvalue weighted by molar-refractivity contribution is 0.123. The van der Waals surface area contributed by atoms with Crippen molar-refractivity contribution in [2.45, 2.75) is 71.1 Å². The topological polar surface area (TPSA) is 26.0 Å². The molecule has 136 valence electrons. The molecule has 0 spiro atoms. The van der Waals surface area contributed by atoms with E-state index in [4.69, 9.17) is 5.73 Å². The van der Waals surface area contributed by atoms with E-state index in [1.165, 1.54) is 50.7 Å². The fraction of sp³-hybridized carbons (Fsp3) is 0.727. The van der Waals surface area contributed by atoms with Crippen LogP contribution in [0.3, 0.4) is 0 Å². The van der Waals surface area contributed by atoms with E-state index < -0.39 is 0 Å². The summed E-state index contributed by atoms with van der Waals surface area (Å²) in [5, 5.41) is 0. The summed E-state index contributed by atoms with van der Waals surface area (Å²) in [6.45, 7) is 7.37. The second kappa shape index (κ2) is 7.03. The number of benzene rings is 1. The van der Waals surface area contributed by atoms with Gasteiger partial charge in [-0.3, -0.25) is 0 Å². The van der Waals surface area contributed by atoms with Crippen LogP contribution in [0.1, 0.15) is 72.7 Å². The summed E-state index contributed by atoms with van der Waals surface area (Å²) < 4.78 is 0. The van der Waals surface area contributed by atoms with Gasteiger partial charge in [-0.15, -0.1) is 11.8 Å². The van der Waals surface area contributed by atoms with E-state index in [0.29, 0.717) is 16.2 Å². The van der Waals surface area contributed by atoms with Gasteiger partial charge in [0.15, 0.2) is 0 Å². The Morgan fingerprint density at radius 3 is 2.54 bits per heavy atom. The average Bonchev–Trinajstić information content (AvgIpc) is 2.80. The molecule has 2 saturated carbocycles. The van der Waals surface area contributed by atoms with Gasteiger partial charge in [0.2, 0.25) is 0 Å². The Hall–Kier alpha value is -0.470. The predicted octanol–water partition coefficient (Wildman–Crippen LogP) is 6.23. The number of fused-ring (bicyclic) bond motifs is 2. The van der Waals surface area contributed by atoms with Crippen LogP contribution in [0.5, 0.6) is 0 Å².